The van der Waals surface area contributed by atoms with E-state index >= 15 is 0 Å². The van der Waals surface area contributed by atoms with Crippen LogP contribution in [0.25, 0.3) is 0 Å². The number of nitro groups is 1. The van der Waals surface area contributed by atoms with Gasteiger partial charge in [0.05, 0.1) is 18.1 Å². The lowest BCUT2D eigenvalue weighted by atomic mass is 10.0. The lowest BCUT2D eigenvalue weighted by molar-refractivity contribution is -0.384. The number of carbonyl (C=O) groups excluding carboxylic acids is 2. The van der Waals surface area contributed by atoms with Crippen molar-refractivity contribution >= 4 is 29.6 Å². The van der Waals surface area contributed by atoms with Crippen molar-refractivity contribution in [2.45, 2.75) is 133 Å². The fourth-order valence-electron chi connectivity index (χ4n) is 7.42. The number of aliphatic hydroxyl groups is 4. The van der Waals surface area contributed by atoms with Crippen LogP contribution in [0.5, 0.6) is 5.75 Å². The van der Waals surface area contributed by atoms with Crippen molar-refractivity contribution in [3.8, 4) is 5.75 Å². The summed E-state index contributed by atoms with van der Waals surface area (Å²) in [6.45, 7) is -1.62. The molecular formula is C48H60F4N8O15. The van der Waals surface area contributed by atoms with Gasteiger partial charge in [0.1, 0.15) is 41.8 Å². The number of nitro benzene ring substituents is 1. The van der Waals surface area contributed by atoms with E-state index in [1.807, 2.05) is 42.5 Å². The lowest BCUT2D eigenvalue weighted by Crippen LogP contribution is -2.41. The van der Waals surface area contributed by atoms with E-state index in [0.29, 0.717) is 15.6 Å². The zero-order chi connectivity index (χ0) is 53.8. The van der Waals surface area contributed by atoms with Crippen LogP contribution in [0.2, 0.25) is 0 Å². The standard InChI is InChI=1S/C18H23F2N3O6.C15H17NO5.C9H11F2N3O4.C5H5N.CH4/c19-18(20)14(25)12(10-24)29-15(18)23-9-8-13(21-16(23)26)22-17(27)28-11-6-4-2-1-3-5-7-11;17-15(20-13-6-4-2-1-3-5-7-13)21-14-10-8-12(9-11-14)16(18)19;10-9(11)6(16)4(3-15)18-7(9)14-2-1-5(12)13-8(14)17;1-2-4-6-5-3-1;/h4,6,8-9,11-12,14-15,24-25H,1-3,5,7,10H2,(H,21,22,26,27);4,6,8-11,13H,1-3,5,7H2;1-2,4,6-7,15-16H,3H2,(H2,12,13,17);1-5H;1H4/b2*6-4+;;;/t11?,12?,14-,15?;;4?,6-,7?;;/m0.0../s1. The Morgan fingerprint density at radius 2 is 1.27 bits per heavy atom. The minimum Gasteiger partial charge on any atom is -0.442 e. The van der Waals surface area contributed by atoms with Gasteiger partial charge in [-0.15, -0.1) is 0 Å². The Balaban J connectivity index is 0.000000234. The molecule has 0 radical (unpaired) electrons. The van der Waals surface area contributed by atoms with Crippen LogP contribution in [-0.2, 0) is 18.9 Å². The number of amides is 1. The van der Waals surface area contributed by atoms with E-state index in [-0.39, 0.29) is 36.6 Å². The fourth-order valence-corrected chi connectivity index (χ4v) is 7.42. The van der Waals surface area contributed by atoms with Crippen molar-refractivity contribution in [2.24, 2.45) is 0 Å². The number of aromatic nitrogens is 5. The predicted octanol–water partition coefficient (Wildman–Crippen LogP) is 5.99. The number of nitrogens with two attached hydrogens (primary N) is 1. The smallest absolute Gasteiger partial charge is 0.442 e. The maximum absolute atomic E-state index is 14.2. The summed E-state index contributed by atoms with van der Waals surface area (Å²) >= 11 is 0. The Morgan fingerprint density at radius 3 is 1.71 bits per heavy atom. The van der Waals surface area contributed by atoms with Crippen LogP contribution in [-0.4, -0.2) is 123 Å². The number of hydrogen-bond donors (Lipinski definition) is 6. The topological polar surface area (TPSA) is 325 Å². The summed E-state index contributed by atoms with van der Waals surface area (Å²) in [6, 6.07) is 13.3. The molecule has 23 nitrogen and oxygen atoms in total. The van der Waals surface area contributed by atoms with Gasteiger partial charge in [0.2, 0.25) is 12.5 Å². The quantitative estimate of drug-likeness (QED) is 0.0280. The van der Waals surface area contributed by atoms with Gasteiger partial charge in [-0.1, -0.05) is 38.5 Å². The van der Waals surface area contributed by atoms with E-state index in [9.17, 15) is 57.1 Å². The number of carbonyl (C=O) groups is 2. The number of alkyl halides is 4. The predicted molar refractivity (Wildman–Crippen MR) is 259 cm³/mol. The van der Waals surface area contributed by atoms with Crippen molar-refractivity contribution in [3.63, 3.8) is 0 Å². The molecule has 410 valence electrons. The Bertz CT molecular complexity index is 2590. The van der Waals surface area contributed by atoms with Gasteiger partial charge < -0.3 is 49.8 Å². The van der Waals surface area contributed by atoms with Crippen molar-refractivity contribution in [3.05, 3.63) is 135 Å². The van der Waals surface area contributed by atoms with Gasteiger partial charge in [-0.2, -0.15) is 27.5 Å². The zero-order valence-electron chi connectivity index (χ0n) is 39.5. The maximum Gasteiger partial charge on any atom is 0.514 e. The number of nitrogen functional groups attached to an aromatic ring is 1. The molecule has 2 saturated heterocycles. The monoisotopic (exact) mass is 1060 g/mol. The largest absolute Gasteiger partial charge is 0.514 e. The number of nitrogens with one attached hydrogen (secondary N) is 1. The number of anilines is 2. The van der Waals surface area contributed by atoms with Crippen LogP contribution in [0.1, 0.15) is 84.1 Å². The first-order chi connectivity index (χ1) is 35.3. The van der Waals surface area contributed by atoms with Gasteiger partial charge in [0.15, 0.2) is 12.2 Å². The molecule has 4 aromatic rings. The van der Waals surface area contributed by atoms with E-state index in [1.54, 1.807) is 12.4 Å². The summed E-state index contributed by atoms with van der Waals surface area (Å²) in [4.78, 5) is 67.9. The van der Waals surface area contributed by atoms with E-state index < -0.39 is 96.6 Å². The van der Waals surface area contributed by atoms with Crippen molar-refractivity contribution in [1.29, 1.82) is 0 Å². The zero-order valence-corrected chi connectivity index (χ0v) is 39.5. The highest BCUT2D eigenvalue weighted by Crippen LogP contribution is 2.43. The Labute approximate surface area is 426 Å². The van der Waals surface area contributed by atoms with Crippen LogP contribution >= 0.6 is 0 Å². The van der Waals surface area contributed by atoms with Crippen molar-refractivity contribution in [2.75, 3.05) is 24.3 Å². The average Bonchev–Trinajstić information content (AvgIpc) is 3.72. The number of rotatable bonds is 9. The number of hydrogen-bond acceptors (Lipinski definition) is 19. The van der Waals surface area contributed by atoms with Crippen LogP contribution in [0.4, 0.5) is 44.5 Å². The fraction of sp³-hybridized carbons (Fsp3) is 0.479. The number of allylic oxidation sites excluding steroid dienone is 2. The molecule has 8 rings (SSSR count). The normalized spacial score (nSPS) is 25.2. The first-order valence-corrected chi connectivity index (χ1v) is 23.2. The highest BCUT2D eigenvalue weighted by atomic mass is 19.3. The van der Waals surface area contributed by atoms with Crippen molar-refractivity contribution < 1.29 is 76.2 Å². The number of aliphatic hydroxyl groups excluding tert-OH is 4. The lowest BCUT2D eigenvalue weighted by Gasteiger charge is -2.21. The van der Waals surface area contributed by atoms with Gasteiger partial charge in [-0.05, 0) is 99.9 Å². The minimum absolute atomic E-state index is 0. The Morgan fingerprint density at radius 1 is 0.760 bits per heavy atom. The number of nitrogens with zero attached hydrogens (tertiary/aromatic N) is 6. The molecule has 3 aromatic heterocycles. The maximum atomic E-state index is 14.2. The molecule has 0 spiro atoms. The third kappa shape index (κ3) is 17.5. The summed E-state index contributed by atoms with van der Waals surface area (Å²) in [5, 5.41) is 49.5. The highest BCUT2D eigenvalue weighted by molar-refractivity contribution is 5.83. The molecule has 2 fully saturated rings. The van der Waals surface area contributed by atoms with E-state index in [2.05, 4.69) is 20.3 Å². The first-order valence-electron chi connectivity index (χ1n) is 23.2. The molecule has 75 heavy (non-hydrogen) atoms. The highest BCUT2D eigenvalue weighted by Gasteiger charge is 2.60. The number of ether oxygens (including phenoxy) is 5. The average molecular weight is 1070 g/mol. The summed E-state index contributed by atoms with van der Waals surface area (Å²) in [5.74, 6) is -7.59. The summed E-state index contributed by atoms with van der Waals surface area (Å²) in [5.41, 5.74) is 3.03. The van der Waals surface area contributed by atoms with Crippen LogP contribution in [0.3, 0.4) is 0 Å². The van der Waals surface area contributed by atoms with E-state index in [4.69, 9.17) is 39.6 Å². The van der Waals surface area contributed by atoms with Gasteiger partial charge in [-0.3, -0.25) is 29.5 Å². The number of benzene rings is 1. The third-order valence-electron chi connectivity index (χ3n) is 11.3. The second-order valence-electron chi connectivity index (χ2n) is 16.7. The molecule has 1 aromatic carbocycles. The van der Waals surface area contributed by atoms with Crippen molar-refractivity contribution in [1.82, 2.24) is 24.1 Å². The number of pyridine rings is 1. The molecule has 8 atom stereocenters. The molecular weight excluding hydrogens is 1000 g/mol. The molecule has 2 aliphatic carbocycles. The molecule has 6 unspecified atom stereocenters. The summed E-state index contributed by atoms with van der Waals surface area (Å²) in [7, 11) is 0. The molecule has 5 heterocycles. The molecule has 2 aliphatic heterocycles. The van der Waals surface area contributed by atoms with Gasteiger partial charge in [0.25, 0.3) is 5.69 Å². The van der Waals surface area contributed by atoms with Crippen LogP contribution in [0.15, 0.2) is 113 Å². The molecule has 4 aliphatic rings. The summed E-state index contributed by atoms with van der Waals surface area (Å²) < 4.78 is 82.0. The molecule has 7 N–H and O–H groups in total. The van der Waals surface area contributed by atoms with Crippen LogP contribution in [0, 0.1) is 10.1 Å². The summed E-state index contributed by atoms with van der Waals surface area (Å²) in [6.07, 6.45) is 8.99. The SMILES string of the molecule is C.Nc1ccn(C2OC(CO)[C@H](O)C2(F)F)c(=O)n1.O=C(Nc1ccn(C2OC(CO)[C@H](O)C2(F)F)c(=O)n1)OC1/C=C/CCCCC1.O=C(Oc1ccc([N+](=O)[O-])cc1)OC1/C=C/CCCCC1.c1ccncc1. The molecule has 27 heteroatoms. The number of halogens is 4. The van der Waals surface area contributed by atoms with E-state index in [1.165, 1.54) is 24.3 Å². The van der Waals surface area contributed by atoms with Gasteiger partial charge in [0, 0.05) is 36.9 Å². The van der Waals surface area contributed by atoms with Gasteiger partial charge in [-0.25, -0.2) is 19.2 Å². The van der Waals surface area contributed by atoms with Crippen LogP contribution < -0.4 is 27.2 Å². The Hall–Kier alpha value is -7.17. The second kappa shape index (κ2) is 29.1. The molecule has 1 amide bonds. The Kier molecular flexibility index (Phi) is 23.4. The third-order valence-corrected chi connectivity index (χ3v) is 11.3. The first kappa shape index (κ1) is 60.4. The minimum atomic E-state index is -3.81. The van der Waals surface area contributed by atoms with E-state index in [0.717, 1.165) is 82.3 Å². The molecule has 0 saturated carbocycles. The molecule has 0 bridgehead atoms. The van der Waals surface area contributed by atoms with Gasteiger partial charge >= 0.3 is 35.5 Å². The number of non-ortho nitro benzene ring substituents is 1. The second-order valence-corrected chi connectivity index (χ2v) is 16.7.